The molecule has 6 nitrogen and oxygen atoms in total. The quantitative estimate of drug-likeness (QED) is 0.0343. The molecule has 0 aromatic rings. The fourth-order valence-electron chi connectivity index (χ4n) is 9.50. The molecule has 0 aliphatic heterocycles. The van der Waals surface area contributed by atoms with E-state index in [9.17, 15) is 14.4 Å². The van der Waals surface area contributed by atoms with Gasteiger partial charge in [-0.05, 0) is 37.0 Å². The Bertz CT molecular complexity index is 1060. The molecule has 0 aliphatic carbocycles. The van der Waals surface area contributed by atoms with Crippen molar-refractivity contribution in [2.24, 2.45) is 17.8 Å². The normalized spacial score (nSPS) is 12.5. The molecule has 0 rings (SSSR count). The van der Waals surface area contributed by atoms with Crippen LogP contribution in [-0.2, 0) is 28.6 Å². The van der Waals surface area contributed by atoms with E-state index in [0.717, 1.165) is 75.5 Å². The molecule has 0 aromatic carbocycles. The van der Waals surface area contributed by atoms with Gasteiger partial charge in [-0.25, -0.2) is 0 Å². The van der Waals surface area contributed by atoms with Gasteiger partial charge in [-0.3, -0.25) is 14.4 Å². The van der Waals surface area contributed by atoms with E-state index in [1.54, 1.807) is 0 Å². The molecular weight excluding hydrogens is 841 g/mol. The molecular formula is C62H120O6. The van der Waals surface area contributed by atoms with Crippen molar-refractivity contribution in [1.29, 1.82) is 0 Å². The third-order valence-corrected chi connectivity index (χ3v) is 14.5. The summed E-state index contributed by atoms with van der Waals surface area (Å²) in [5.41, 5.74) is 0. The van der Waals surface area contributed by atoms with Crippen LogP contribution in [-0.4, -0.2) is 37.2 Å². The Labute approximate surface area is 425 Å². The van der Waals surface area contributed by atoms with Gasteiger partial charge in [0.1, 0.15) is 13.2 Å². The van der Waals surface area contributed by atoms with Gasteiger partial charge in [0, 0.05) is 19.3 Å². The number of carbonyl (C=O) groups excluding carboxylic acids is 3. The van der Waals surface area contributed by atoms with Crippen LogP contribution in [0, 0.1) is 17.8 Å². The molecule has 0 N–H and O–H groups in total. The van der Waals surface area contributed by atoms with E-state index in [1.807, 2.05) is 0 Å². The first-order valence-electron chi connectivity index (χ1n) is 30.6. The highest BCUT2D eigenvalue weighted by atomic mass is 16.6. The van der Waals surface area contributed by atoms with Crippen LogP contribution >= 0.6 is 0 Å². The largest absolute Gasteiger partial charge is 0.462 e. The van der Waals surface area contributed by atoms with Gasteiger partial charge in [-0.2, -0.15) is 0 Å². The zero-order chi connectivity index (χ0) is 49.8. The van der Waals surface area contributed by atoms with Crippen molar-refractivity contribution in [3.63, 3.8) is 0 Å². The minimum Gasteiger partial charge on any atom is -0.462 e. The fraction of sp³-hybridized carbons (Fsp3) is 0.952. The maximum absolute atomic E-state index is 12.9. The van der Waals surface area contributed by atoms with Crippen molar-refractivity contribution in [1.82, 2.24) is 0 Å². The maximum atomic E-state index is 12.9. The summed E-state index contributed by atoms with van der Waals surface area (Å²) in [4.78, 5) is 38.2. The summed E-state index contributed by atoms with van der Waals surface area (Å²) in [7, 11) is 0. The average Bonchev–Trinajstić information content (AvgIpc) is 3.31. The number of ether oxygens (including phenoxy) is 3. The minimum atomic E-state index is -0.764. The number of esters is 3. The molecule has 0 radical (unpaired) electrons. The van der Waals surface area contributed by atoms with E-state index in [1.165, 1.54) is 225 Å². The van der Waals surface area contributed by atoms with Crippen molar-refractivity contribution in [3.05, 3.63) is 0 Å². The minimum absolute atomic E-state index is 0.0633. The van der Waals surface area contributed by atoms with Crippen LogP contribution < -0.4 is 0 Å². The van der Waals surface area contributed by atoms with Crippen molar-refractivity contribution in [2.75, 3.05) is 13.2 Å². The number of rotatable bonds is 55. The van der Waals surface area contributed by atoms with E-state index >= 15 is 0 Å². The molecule has 0 aromatic heterocycles. The van der Waals surface area contributed by atoms with Gasteiger partial charge in [0.2, 0.25) is 0 Å². The van der Waals surface area contributed by atoms with Crippen LogP contribution in [0.25, 0.3) is 0 Å². The molecule has 404 valence electrons. The lowest BCUT2D eigenvalue weighted by molar-refractivity contribution is -0.167. The highest BCUT2D eigenvalue weighted by molar-refractivity contribution is 5.71. The molecule has 68 heavy (non-hydrogen) atoms. The van der Waals surface area contributed by atoms with Crippen LogP contribution in [0.4, 0.5) is 0 Å². The molecule has 0 saturated heterocycles. The predicted octanol–water partition coefficient (Wildman–Crippen LogP) is 20.3. The van der Waals surface area contributed by atoms with Gasteiger partial charge in [-0.15, -0.1) is 0 Å². The summed E-state index contributed by atoms with van der Waals surface area (Å²) >= 11 is 0. The molecule has 6 heteroatoms. The second-order valence-corrected chi connectivity index (χ2v) is 22.5. The second-order valence-electron chi connectivity index (χ2n) is 22.5. The highest BCUT2D eigenvalue weighted by Crippen LogP contribution is 2.19. The van der Waals surface area contributed by atoms with Crippen LogP contribution in [0.2, 0.25) is 0 Å². The molecule has 0 saturated carbocycles. The summed E-state index contributed by atoms with van der Waals surface area (Å²) < 4.78 is 16.9. The summed E-state index contributed by atoms with van der Waals surface area (Å²) in [5.74, 6) is 1.71. The lowest BCUT2D eigenvalue weighted by atomic mass is 9.99. The Morgan fingerprint density at radius 1 is 0.294 bits per heavy atom. The molecule has 0 aliphatic rings. The third-order valence-electron chi connectivity index (χ3n) is 14.5. The molecule has 1 unspecified atom stereocenters. The van der Waals surface area contributed by atoms with Crippen molar-refractivity contribution < 1.29 is 28.6 Å². The monoisotopic (exact) mass is 961 g/mol. The Morgan fingerprint density at radius 2 is 0.515 bits per heavy atom. The number of unbranched alkanes of at least 4 members (excludes halogenated alkanes) is 37. The van der Waals surface area contributed by atoms with Crippen molar-refractivity contribution in [3.8, 4) is 0 Å². The Morgan fingerprint density at radius 3 is 0.765 bits per heavy atom. The highest BCUT2D eigenvalue weighted by Gasteiger charge is 2.19. The Hall–Kier alpha value is -1.59. The van der Waals surface area contributed by atoms with Crippen LogP contribution in [0.15, 0.2) is 0 Å². The Balaban J connectivity index is 4.23. The zero-order valence-electron chi connectivity index (χ0n) is 46.9. The van der Waals surface area contributed by atoms with E-state index in [-0.39, 0.29) is 31.1 Å². The van der Waals surface area contributed by atoms with E-state index < -0.39 is 6.10 Å². The lowest BCUT2D eigenvalue weighted by Crippen LogP contribution is -2.30. The first kappa shape index (κ1) is 66.4. The smallest absolute Gasteiger partial charge is 0.306 e. The number of hydrogen-bond acceptors (Lipinski definition) is 6. The maximum Gasteiger partial charge on any atom is 0.306 e. The molecule has 2 atom stereocenters. The van der Waals surface area contributed by atoms with Crippen molar-refractivity contribution in [2.45, 2.75) is 349 Å². The van der Waals surface area contributed by atoms with E-state index in [2.05, 4.69) is 41.5 Å². The fourth-order valence-corrected chi connectivity index (χ4v) is 9.50. The Kier molecular flexibility index (Phi) is 52.0. The van der Waals surface area contributed by atoms with Crippen molar-refractivity contribution >= 4 is 17.9 Å². The van der Waals surface area contributed by atoms with Crippen LogP contribution in [0.5, 0.6) is 0 Å². The van der Waals surface area contributed by atoms with Gasteiger partial charge in [0.15, 0.2) is 6.10 Å². The summed E-state index contributed by atoms with van der Waals surface area (Å²) in [6.07, 6.45) is 56.7. The summed E-state index contributed by atoms with van der Waals surface area (Å²) in [5, 5.41) is 0. The topological polar surface area (TPSA) is 78.9 Å². The molecule has 0 spiro atoms. The van der Waals surface area contributed by atoms with E-state index in [4.69, 9.17) is 14.2 Å². The second kappa shape index (κ2) is 53.2. The van der Waals surface area contributed by atoms with Gasteiger partial charge >= 0.3 is 17.9 Å². The molecule has 0 heterocycles. The first-order valence-corrected chi connectivity index (χ1v) is 30.6. The van der Waals surface area contributed by atoms with Gasteiger partial charge < -0.3 is 14.2 Å². The van der Waals surface area contributed by atoms with Gasteiger partial charge in [0.05, 0.1) is 0 Å². The summed E-state index contributed by atoms with van der Waals surface area (Å²) in [6.45, 7) is 13.8. The SMILES string of the molecule is CCC(C)CCCCCCCCCCCCCCCCCCCCC(=O)OC[C@@H](COC(=O)CCCCCCCCCCCC(C)C)OC(=O)CCCCCCCCCCCCCCCC(C)C. The van der Waals surface area contributed by atoms with Gasteiger partial charge in [0.25, 0.3) is 0 Å². The van der Waals surface area contributed by atoms with Gasteiger partial charge in [-0.1, -0.05) is 305 Å². The standard InChI is InChI=1S/C62H120O6/c1-7-58(6)50-44-38-32-26-20-16-12-10-8-9-11-13-17-21-27-33-39-45-51-60(63)66-54-59(55-67-61(64)52-46-40-34-29-23-25-31-37-43-49-57(4)5)68-62(65)53-47-41-35-28-22-18-14-15-19-24-30-36-42-48-56(2)3/h56-59H,7-55H2,1-6H3/t58?,59-/m0/s1. The third kappa shape index (κ3) is 53.8. The molecule has 0 amide bonds. The van der Waals surface area contributed by atoms with Crippen LogP contribution in [0.1, 0.15) is 343 Å². The molecule has 0 bridgehead atoms. The number of hydrogen-bond donors (Lipinski definition) is 0. The average molecular weight is 962 g/mol. The van der Waals surface area contributed by atoms with E-state index in [0.29, 0.717) is 19.3 Å². The number of carbonyl (C=O) groups is 3. The first-order chi connectivity index (χ1) is 33.1. The van der Waals surface area contributed by atoms with Crippen LogP contribution in [0.3, 0.4) is 0 Å². The zero-order valence-corrected chi connectivity index (χ0v) is 46.9. The predicted molar refractivity (Wildman–Crippen MR) is 293 cm³/mol. The summed E-state index contributed by atoms with van der Waals surface area (Å²) in [6, 6.07) is 0. The lowest BCUT2D eigenvalue weighted by Gasteiger charge is -2.18. The molecule has 0 fully saturated rings.